The zero-order valence-corrected chi connectivity index (χ0v) is 12.8. The van der Waals surface area contributed by atoms with Gasteiger partial charge in [0.1, 0.15) is 5.54 Å². The van der Waals surface area contributed by atoms with E-state index in [9.17, 15) is 5.26 Å². The van der Waals surface area contributed by atoms with E-state index in [1.165, 1.54) is 43.6 Å². The van der Waals surface area contributed by atoms with E-state index in [-0.39, 0.29) is 5.54 Å². The SMILES string of the molecule is CCCCCSCCCC(C#N)(CC)NC1CC1. The van der Waals surface area contributed by atoms with Crippen molar-refractivity contribution in [2.45, 2.75) is 76.8 Å². The molecule has 1 saturated carbocycles. The summed E-state index contributed by atoms with van der Waals surface area (Å²) in [6.07, 6.45) is 9.63. The predicted molar refractivity (Wildman–Crippen MR) is 80.9 cm³/mol. The van der Waals surface area contributed by atoms with Crippen LogP contribution in [0.15, 0.2) is 0 Å². The molecule has 104 valence electrons. The number of nitrogens with one attached hydrogen (secondary N) is 1. The molecule has 0 aromatic heterocycles. The molecule has 0 aromatic rings. The maximum atomic E-state index is 9.41. The molecule has 1 N–H and O–H groups in total. The highest BCUT2D eigenvalue weighted by molar-refractivity contribution is 7.99. The minimum Gasteiger partial charge on any atom is -0.297 e. The molecule has 18 heavy (non-hydrogen) atoms. The molecule has 1 aliphatic rings. The summed E-state index contributed by atoms with van der Waals surface area (Å²) < 4.78 is 0. The number of unbranched alkanes of at least 4 members (excludes halogenated alkanes) is 2. The fraction of sp³-hybridized carbons (Fsp3) is 0.933. The highest BCUT2D eigenvalue weighted by atomic mass is 32.2. The lowest BCUT2D eigenvalue weighted by Crippen LogP contribution is -2.44. The second-order valence-electron chi connectivity index (χ2n) is 5.39. The number of rotatable bonds is 11. The van der Waals surface area contributed by atoms with Crippen molar-refractivity contribution in [1.29, 1.82) is 5.26 Å². The summed E-state index contributed by atoms with van der Waals surface area (Å²) in [6, 6.07) is 3.15. The van der Waals surface area contributed by atoms with Crippen molar-refractivity contribution in [3.63, 3.8) is 0 Å². The van der Waals surface area contributed by atoms with Crippen LogP contribution in [0.1, 0.15) is 65.2 Å². The standard InChI is InChI=1S/C15H28N2S/c1-3-5-6-11-18-12-7-10-15(4-2,13-16)17-14-8-9-14/h14,17H,3-12H2,1-2H3. The molecule has 3 heteroatoms. The fourth-order valence-electron chi connectivity index (χ4n) is 2.17. The van der Waals surface area contributed by atoms with Crippen molar-refractivity contribution in [2.24, 2.45) is 0 Å². The summed E-state index contributed by atoms with van der Waals surface area (Å²) in [5, 5.41) is 13.0. The van der Waals surface area contributed by atoms with Gasteiger partial charge in [-0.25, -0.2) is 0 Å². The Hall–Kier alpha value is -0.200. The van der Waals surface area contributed by atoms with Crippen molar-refractivity contribution < 1.29 is 0 Å². The highest BCUT2D eigenvalue weighted by Gasteiger charge is 2.34. The Kier molecular flexibility index (Phi) is 7.77. The normalized spacial score (nSPS) is 18.3. The van der Waals surface area contributed by atoms with Crippen LogP contribution in [0, 0.1) is 11.3 Å². The van der Waals surface area contributed by atoms with E-state index in [4.69, 9.17) is 0 Å². The Morgan fingerprint density at radius 3 is 2.50 bits per heavy atom. The van der Waals surface area contributed by atoms with E-state index < -0.39 is 0 Å². The van der Waals surface area contributed by atoms with Gasteiger partial charge >= 0.3 is 0 Å². The Morgan fingerprint density at radius 1 is 1.22 bits per heavy atom. The first-order valence-electron chi connectivity index (χ1n) is 7.53. The Morgan fingerprint density at radius 2 is 1.94 bits per heavy atom. The molecule has 0 heterocycles. The van der Waals surface area contributed by atoms with Crippen molar-refractivity contribution in [3.05, 3.63) is 0 Å². The van der Waals surface area contributed by atoms with Crippen LogP contribution in [-0.2, 0) is 0 Å². The summed E-state index contributed by atoms with van der Waals surface area (Å²) in [7, 11) is 0. The molecule has 1 atom stereocenters. The zero-order chi connectivity index (χ0) is 13.3. The number of hydrogen-bond donors (Lipinski definition) is 1. The van der Waals surface area contributed by atoms with Crippen molar-refractivity contribution in [1.82, 2.24) is 5.32 Å². The maximum absolute atomic E-state index is 9.41. The molecule has 2 nitrogen and oxygen atoms in total. The largest absolute Gasteiger partial charge is 0.297 e. The van der Waals surface area contributed by atoms with Gasteiger partial charge in [-0.2, -0.15) is 17.0 Å². The topological polar surface area (TPSA) is 35.8 Å². The van der Waals surface area contributed by atoms with Gasteiger partial charge < -0.3 is 0 Å². The molecule has 1 aliphatic carbocycles. The van der Waals surface area contributed by atoms with Gasteiger partial charge in [-0.05, 0) is 50.0 Å². The first kappa shape index (κ1) is 15.9. The van der Waals surface area contributed by atoms with Gasteiger partial charge in [-0.15, -0.1) is 0 Å². The van der Waals surface area contributed by atoms with E-state index in [1.807, 2.05) is 0 Å². The van der Waals surface area contributed by atoms with E-state index in [1.54, 1.807) is 0 Å². The molecule has 0 saturated heterocycles. The second-order valence-corrected chi connectivity index (χ2v) is 6.61. The van der Waals surface area contributed by atoms with Crippen LogP contribution >= 0.6 is 11.8 Å². The van der Waals surface area contributed by atoms with Gasteiger partial charge in [0.05, 0.1) is 6.07 Å². The van der Waals surface area contributed by atoms with E-state index in [0.29, 0.717) is 6.04 Å². The minimum absolute atomic E-state index is 0.245. The molecular weight excluding hydrogens is 240 g/mol. The zero-order valence-electron chi connectivity index (χ0n) is 12.0. The minimum atomic E-state index is -0.245. The Bertz CT molecular complexity index is 258. The van der Waals surface area contributed by atoms with Crippen LogP contribution in [0.5, 0.6) is 0 Å². The van der Waals surface area contributed by atoms with Crippen LogP contribution < -0.4 is 5.32 Å². The van der Waals surface area contributed by atoms with Crippen LogP contribution in [-0.4, -0.2) is 23.1 Å². The highest BCUT2D eigenvalue weighted by Crippen LogP contribution is 2.27. The lowest BCUT2D eigenvalue weighted by atomic mass is 9.92. The third kappa shape index (κ3) is 6.11. The smallest absolute Gasteiger partial charge is 0.106 e. The van der Waals surface area contributed by atoms with Crippen LogP contribution in [0.25, 0.3) is 0 Å². The van der Waals surface area contributed by atoms with Gasteiger partial charge in [0.2, 0.25) is 0 Å². The van der Waals surface area contributed by atoms with Crippen molar-refractivity contribution >= 4 is 11.8 Å². The summed E-state index contributed by atoms with van der Waals surface area (Å²) >= 11 is 2.05. The molecule has 0 aromatic carbocycles. The first-order chi connectivity index (χ1) is 8.76. The average molecular weight is 268 g/mol. The monoisotopic (exact) mass is 268 g/mol. The number of hydrogen-bond acceptors (Lipinski definition) is 3. The molecule has 0 bridgehead atoms. The lowest BCUT2D eigenvalue weighted by molar-refractivity contribution is 0.367. The van der Waals surface area contributed by atoms with Gasteiger partial charge in [0, 0.05) is 6.04 Å². The van der Waals surface area contributed by atoms with Gasteiger partial charge in [0.15, 0.2) is 0 Å². The number of thioether (sulfide) groups is 1. The van der Waals surface area contributed by atoms with E-state index in [0.717, 1.165) is 19.3 Å². The molecule has 0 amide bonds. The quantitative estimate of drug-likeness (QED) is 0.573. The van der Waals surface area contributed by atoms with Gasteiger partial charge in [-0.1, -0.05) is 26.7 Å². The van der Waals surface area contributed by atoms with Crippen molar-refractivity contribution in [2.75, 3.05) is 11.5 Å². The molecule has 0 spiro atoms. The summed E-state index contributed by atoms with van der Waals surface area (Å²) in [5.74, 6) is 2.50. The van der Waals surface area contributed by atoms with Crippen LogP contribution in [0.4, 0.5) is 0 Å². The molecular formula is C15H28N2S. The lowest BCUT2D eigenvalue weighted by Gasteiger charge is -2.26. The fourth-order valence-corrected chi connectivity index (χ4v) is 3.13. The van der Waals surface area contributed by atoms with Crippen LogP contribution in [0.2, 0.25) is 0 Å². The predicted octanol–water partition coefficient (Wildman–Crippen LogP) is 4.11. The molecule has 1 fully saturated rings. The number of nitrogens with zero attached hydrogens (tertiary/aromatic N) is 1. The van der Waals surface area contributed by atoms with E-state index >= 15 is 0 Å². The third-order valence-corrected chi connectivity index (χ3v) is 4.81. The summed E-state index contributed by atoms with van der Waals surface area (Å²) in [4.78, 5) is 0. The maximum Gasteiger partial charge on any atom is 0.106 e. The summed E-state index contributed by atoms with van der Waals surface area (Å²) in [6.45, 7) is 4.38. The average Bonchev–Trinajstić information content (AvgIpc) is 3.20. The van der Waals surface area contributed by atoms with Crippen molar-refractivity contribution in [3.8, 4) is 6.07 Å². The molecule has 0 aliphatic heterocycles. The van der Waals surface area contributed by atoms with Crippen LogP contribution in [0.3, 0.4) is 0 Å². The second kappa shape index (κ2) is 8.82. The molecule has 1 rings (SSSR count). The Labute approximate surface area is 117 Å². The van der Waals surface area contributed by atoms with Gasteiger partial charge in [-0.3, -0.25) is 5.32 Å². The molecule has 1 unspecified atom stereocenters. The van der Waals surface area contributed by atoms with Gasteiger partial charge in [0.25, 0.3) is 0 Å². The van der Waals surface area contributed by atoms with E-state index in [2.05, 4.69) is 37.0 Å². The summed E-state index contributed by atoms with van der Waals surface area (Å²) in [5.41, 5.74) is -0.245. The third-order valence-electron chi connectivity index (χ3n) is 3.66. The molecule has 0 radical (unpaired) electrons. The Balaban J connectivity index is 2.11. The number of nitriles is 1. The first-order valence-corrected chi connectivity index (χ1v) is 8.68.